The second kappa shape index (κ2) is 7.63. The molecule has 1 atom stereocenters. The standard InChI is InChI=1S/C18H17ClFNO4S/c19-26(23,24)12-14-9-15-7-4-8-16(20)17(15)21(10-14)18(22)25-11-13-5-2-1-3-6-13/h1-8,14H,9-12H2. The Balaban J connectivity index is 1.82. The van der Waals surface area contributed by atoms with Crippen molar-refractivity contribution >= 4 is 31.5 Å². The van der Waals surface area contributed by atoms with Gasteiger partial charge in [0, 0.05) is 17.2 Å². The molecular weight excluding hydrogens is 381 g/mol. The summed E-state index contributed by atoms with van der Waals surface area (Å²) in [7, 11) is 1.62. The predicted molar refractivity (Wildman–Crippen MR) is 97.2 cm³/mol. The Morgan fingerprint density at radius 1 is 1.19 bits per heavy atom. The van der Waals surface area contributed by atoms with Crippen molar-refractivity contribution < 1.29 is 22.3 Å². The van der Waals surface area contributed by atoms with E-state index in [0.29, 0.717) is 12.0 Å². The average Bonchev–Trinajstić information content (AvgIpc) is 2.58. The molecule has 2 aromatic carbocycles. The molecule has 3 rings (SSSR count). The van der Waals surface area contributed by atoms with Crippen LogP contribution in [0.25, 0.3) is 0 Å². The van der Waals surface area contributed by atoms with E-state index in [0.717, 1.165) is 10.5 Å². The molecule has 1 aliphatic rings. The molecule has 0 aromatic heterocycles. The molecule has 0 radical (unpaired) electrons. The van der Waals surface area contributed by atoms with E-state index in [-0.39, 0.29) is 24.6 Å². The van der Waals surface area contributed by atoms with Crippen LogP contribution >= 0.6 is 10.7 Å². The first-order chi connectivity index (χ1) is 12.3. The number of rotatable bonds is 4. The minimum Gasteiger partial charge on any atom is -0.444 e. The van der Waals surface area contributed by atoms with Crippen molar-refractivity contribution in [3.8, 4) is 0 Å². The maximum Gasteiger partial charge on any atom is 0.414 e. The molecule has 1 unspecified atom stereocenters. The van der Waals surface area contributed by atoms with Crippen LogP contribution in [0.2, 0.25) is 0 Å². The quantitative estimate of drug-likeness (QED) is 0.738. The Labute approximate surface area is 155 Å². The molecule has 0 bridgehead atoms. The molecule has 1 amide bonds. The van der Waals surface area contributed by atoms with E-state index in [1.165, 1.54) is 12.1 Å². The number of hydrogen-bond acceptors (Lipinski definition) is 4. The fourth-order valence-electron chi connectivity index (χ4n) is 3.11. The Morgan fingerprint density at radius 2 is 1.92 bits per heavy atom. The van der Waals surface area contributed by atoms with Gasteiger partial charge in [-0.1, -0.05) is 42.5 Å². The molecule has 0 saturated heterocycles. The molecule has 138 valence electrons. The van der Waals surface area contributed by atoms with Crippen molar-refractivity contribution in [3.05, 3.63) is 65.5 Å². The number of amides is 1. The van der Waals surface area contributed by atoms with Crippen molar-refractivity contribution in [2.45, 2.75) is 13.0 Å². The largest absolute Gasteiger partial charge is 0.444 e. The SMILES string of the molecule is O=C(OCc1ccccc1)N1CC(CS(=O)(=O)Cl)Cc2cccc(F)c21. The second-order valence-electron chi connectivity index (χ2n) is 6.17. The van der Waals surface area contributed by atoms with E-state index in [9.17, 15) is 17.6 Å². The molecule has 1 heterocycles. The third-order valence-electron chi connectivity index (χ3n) is 4.15. The van der Waals surface area contributed by atoms with Gasteiger partial charge >= 0.3 is 6.09 Å². The summed E-state index contributed by atoms with van der Waals surface area (Å²) in [4.78, 5) is 13.7. The highest BCUT2D eigenvalue weighted by Gasteiger charge is 2.33. The number of ether oxygens (including phenoxy) is 1. The third kappa shape index (κ3) is 4.53. The summed E-state index contributed by atoms with van der Waals surface area (Å²) in [6.07, 6.45) is -0.404. The number of carbonyl (C=O) groups is 1. The number of benzene rings is 2. The second-order valence-corrected chi connectivity index (χ2v) is 9.00. The normalized spacial score (nSPS) is 16.8. The summed E-state index contributed by atoms with van der Waals surface area (Å²) < 4.78 is 42.5. The molecule has 5 nitrogen and oxygen atoms in total. The molecule has 2 aromatic rings. The fraction of sp³-hybridized carbons (Fsp3) is 0.278. The molecule has 0 N–H and O–H groups in total. The molecule has 0 aliphatic carbocycles. The smallest absolute Gasteiger partial charge is 0.414 e. The van der Waals surface area contributed by atoms with Gasteiger partial charge in [0.2, 0.25) is 9.05 Å². The zero-order valence-electron chi connectivity index (χ0n) is 13.8. The van der Waals surface area contributed by atoms with E-state index >= 15 is 0 Å². The monoisotopic (exact) mass is 397 g/mol. The number of hydrogen-bond donors (Lipinski definition) is 0. The Hall–Kier alpha value is -2.12. The molecule has 1 aliphatic heterocycles. The highest BCUT2D eigenvalue weighted by molar-refractivity contribution is 8.13. The lowest BCUT2D eigenvalue weighted by molar-refractivity contribution is 0.145. The summed E-state index contributed by atoms with van der Waals surface area (Å²) in [5, 5.41) is 0. The van der Waals surface area contributed by atoms with Crippen LogP contribution < -0.4 is 4.90 Å². The van der Waals surface area contributed by atoms with Gasteiger partial charge in [-0.3, -0.25) is 4.90 Å². The van der Waals surface area contributed by atoms with Gasteiger partial charge in [0.1, 0.15) is 12.4 Å². The topological polar surface area (TPSA) is 63.7 Å². The highest BCUT2D eigenvalue weighted by atomic mass is 35.7. The lowest BCUT2D eigenvalue weighted by Gasteiger charge is -2.33. The maximum absolute atomic E-state index is 14.3. The zero-order valence-corrected chi connectivity index (χ0v) is 15.3. The first kappa shape index (κ1) is 18.7. The lowest BCUT2D eigenvalue weighted by atomic mass is 9.94. The van der Waals surface area contributed by atoms with Crippen molar-refractivity contribution in [2.75, 3.05) is 17.2 Å². The summed E-state index contributed by atoms with van der Waals surface area (Å²) in [5.41, 5.74) is 1.48. The highest BCUT2D eigenvalue weighted by Crippen LogP contribution is 2.33. The van der Waals surface area contributed by atoms with Crippen LogP contribution in [-0.2, 0) is 26.8 Å². The van der Waals surface area contributed by atoms with E-state index in [1.807, 2.05) is 18.2 Å². The first-order valence-electron chi connectivity index (χ1n) is 8.01. The number of nitrogens with zero attached hydrogens (tertiary/aromatic N) is 1. The number of fused-ring (bicyclic) bond motifs is 1. The summed E-state index contributed by atoms with van der Waals surface area (Å²) in [6, 6.07) is 13.6. The van der Waals surface area contributed by atoms with Crippen molar-refractivity contribution in [3.63, 3.8) is 0 Å². The van der Waals surface area contributed by atoms with E-state index in [4.69, 9.17) is 15.4 Å². The van der Waals surface area contributed by atoms with Crippen LogP contribution in [0.15, 0.2) is 48.5 Å². The van der Waals surface area contributed by atoms with E-state index < -0.39 is 26.9 Å². The van der Waals surface area contributed by atoms with Crippen molar-refractivity contribution in [2.24, 2.45) is 5.92 Å². The molecular formula is C18H17ClFNO4S. The first-order valence-corrected chi connectivity index (χ1v) is 10.5. The van der Waals surface area contributed by atoms with Gasteiger partial charge in [-0.15, -0.1) is 0 Å². The van der Waals surface area contributed by atoms with E-state index in [2.05, 4.69) is 0 Å². The molecule has 0 spiro atoms. The summed E-state index contributed by atoms with van der Waals surface area (Å²) in [6.45, 7) is 0.0614. The van der Waals surface area contributed by atoms with Gasteiger partial charge in [-0.2, -0.15) is 0 Å². The molecule has 0 saturated carbocycles. The van der Waals surface area contributed by atoms with Crippen LogP contribution in [0.4, 0.5) is 14.9 Å². The zero-order chi connectivity index (χ0) is 18.7. The Morgan fingerprint density at radius 3 is 2.62 bits per heavy atom. The van der Waals surface area contributed by atoms with Crippen LogP contribution in [0, 0.1) is 11.7 Å². The predicted octanol–water partition coefficient (Wildman–Crippen LogP) is 3.71. The van der Waals surface area contributed by atoms with Gasteiger partial charge in [-0.25, -0.2) is 17.6 Å². The third-order valence-corrected chi connectivity index (χ3v) is 5.40. The Bertz CT molecular complexity index is 905. The van der Waals surface area contributed by atoms with Crippen molar-refractivity contribution in [1.29, 1.82) is 0 Å². The van der Waals surface area contributed by atoms with Crippen LogP contribution in [0.1, 0.15) is 11.1 Å². The van der Waals surface area contributed by atoms with Crippen LogP contribution in [0.5, 0.6) is 0 Å². The van der Waals surface area contributed by atoms with Crippen LogP contribution in [-0.4, -0.2) is 26.8 Å². The van der Waals surface area contributed by atoms with Gasteiger partial charge in [0.15, 0.2) is 0 Å². The molecule has 26 heavy (non-hydrogen) atoms. The Kier molecular flexibility index (Phi) is 5.48. The lowest BCUT2D eigenvalue weighted by Crippen LogP contribution is -2.42. The minimum atomic E-state index is -3.74. The fourth-order valence-corrected chi connectivity index (χ4v) is 4.43. The number of carbonyl (C=O) groups excluding carboxylic acids is 1. The maximum atomic E-state index is 14.3. The van der Waals surface area contributed by atoms with E-state index in [1.54, 1.807) is 18.2 Å². The van der Waals surface area contributed by atoms with Crippen LogP contribution in [0.3, 0.4) is 0 Å². The number of halogens is 2. The van der Waals surface area contributed by atoms with Gasteiger partial charge in [-0.05, 0) is 29.5 Å². The molecule has 8 heteroatoms. The minimum absolute atomic E-state index is 0.0213. The van der Waals surface area contributed by atoms with Gasteiger partial charge in [0.25, 0.3) is 0 Å². The van der Waals surface area contributed by atoms with Gasteiger partial charge < -0.3 is 4.74 Å². The van der Waals surface area contributed by atoms with Gasteiger partial charge in [0.05, 0.1) is 11.4 Å². The number of anilines is 1. The number of para-hydroxylation sites is 1. The molecule has 0 fully saturated rings. The summed E-state index contributed by atoms with van der Waals surface area (Å²) >= 11 is 0. The summed E-state index contributed by atoms with van der Waals surface area (Å²) in [5.74, 6) is -1.28. The average molecular weight is 398 g/mol. The van der Waals surface area contributed by atoms with Crippen molar-refractivity contribution in [1.82, 2.24) is 0 Å².